The molecule has 0 amide bonds. The van der Waals surface area contributed by atoms with Gasteiger partial charge in [0.05, 0.1) is 10.2 Å². The summed E-state index contributed by atoms with van der Waals surface area (Å²) in [5, 5.41) is 3.56. The molecule has 6 heteroatoms. The van der Waals surface area contributed by atoms with Gasteiger partial charge >= 0.3 is 7.60 Å². The smallest absolute Gasteiger partial charge is 0.321 e. The molecule has 152 valence electrons. The van der Waals surface area contributed by atoms with Crippen molar-refractivity contribution in [2.24, 2.45) is 0 Å². The zero-order chi connectivity index (χ0) is 21.6. The minimum Gasteiger partial charge on any atom is -0.321 e. The molecule has 0 aliphatic carbocycles. The molecule has 4 nitrogen and oxygen atoms in total. The molecule has 0 atom stereocenters. The molecule has 1 heterocycles. The second-order valence-electron chi connectivity index (χ2n) is 7.24. The van der Waals surface area contributed by atoms with Gasteiger partial charge in [-0.2, -0.15) is 0 Å². The van der Waals surface area contributed by atoms with Crippen molar-refractivity contribution in [3.63, 3.8) is 0 Å². The normalized spacial score (nSPS) is 11.8. The molecular formula is C25H17O4PS. The van der Waals surface area contributed by atoms with E-state index >= 15 is 0 Å². The standard InChI is InChI=1S/C25H17O4PS/c26-15-22-23(30(27,28)29)25(21-14-6-10-17-8-2-4-12-19(17)21)31-24(22)20-13-5-9-16-7-1-3-11-18(16)20/h1-15H,(H2,27,28,29). The Balaban J connectivity index is 1.90. The van der Waals surface area contributed by atoms with Gasteiger partial charge in [-0.05, 0) is 21.5 Å². The van der Waals surface area contributed by atoms with Crippen LogP contribution in [0.1, 0.15) is 10.4 Å². The lowest BCUT2D eigenvalue weighted by atomic mass is 10.0. The largest absolute Gasteiger partial charge is 0.358 e. The van der Waals surface area contributed by atoms with Crippen LogP contribution in [0.3, 0.4) is 0 Å². The van der Waals surface area contributed by atoms with Gasteiger partial charge in [0.15, 0.2) is 6.29 Å². The molecule has 0 saturated heterocycles. The maximum Gasteiger partial charge on any atom is 0.358 e. The lowest BCUT2D eigenvalue weighted by Gasteiger charge is -2.09. The van der Waals surface area contributed by atoms with Crippen LogP contribution in [0.4, 0.5) is 0 Å². The summed E-state index contributed by atoms with van der Waals surface area (Å²) in [6.07, 6.45) is 0.566. The van der Waals surface area contributed by atoms with E-state index < -0.39 is 7.60 Å². The lowest BCUT2D eigenvalue weighted by molar-refractivity contribution is 0.112. The van der Waals surface area contributed by atoms with E-state index in [1.165, 1.54) is 11.3 Å². The number of carbonyl (C=O) groups excluding carboxylic acids is 1. The highest BCUT2D eigenvalue weighted by atomic mass is 32.1. The van der Waals surface area contributed by atoms with Crippen molar-refractivity contribution in [1.29, 1.82) is 0 Å². The van der Waals surface area contributed by atoms with E-state index in [0.29, 0.717) is 21.6 Å². The minimum atomic E-state index is -4.73. The minimum absolute atomic E-state index is 0.0534. The molecule has 31 heavy (non-hydrogen) atoms. The predicted molar refractivity (Wildman–Crippen MR) is 127 cm³/mol. The Morgan fingerprint density at radius 2 is 1.16 bits per heavy atom. The molecular weight excluding hydrogens is 427 g/mol. The highest BCUT2D eigenvalue weighted by Gasteiger charge is 2.32. The van der Waals surface area contributed by atoms with Gasteiger partial charge in [-0.15, -0.1) is 11.3 Å². The van der Waals surface area contributed by atoms with E-state index in [0.717, 1.165) is 27.1 Å². The summed E-state index contributed by atoms with van der Waals surface area (Å²) < 4.78 is 12.6. The highest BCUT2D eigenvalue weighted by molar-refractivity contribution is 7.61. The number of aldehydes is 1. The highest BCUT2D eigenvalue weighted by Crippen LogP contribution is 2.48. The Kier molecular flexibility index (Phi) is 4.84. The fourth-order valence-corrected chi connectivity index (χ4v) is 6.74. The molecule has 5 rings (SSSR count). The van der Waals surface area contributed by atoms with E-state index in [1.807, 2.05) is 84.9 Å². The van der Waals surface area contributed by atoms with Crippen molar-refractivity contribution in [2.75, 3.05) is 0 Å². The topological polar surface area (TPSA) is 74.6 Å². The van der Waals surface area contributed by atoms with Crippen molar-refractivity contribution < 1.29 is 19.1 Å². The summed E-state index contributed by atoms with van der Waals surface area (Å²) >= 11 is 1.25. The van der Waals surface area contributed by atoms with Crippen LogP contribution in [-0.2, 0) is 4.57 Å². The summed E-state index contributed by atoms with van der Waals surface area (Å²) in [4.78, 5) is 33.7. The third-order valence-corrected chi connectivity index (χ3v) is 7.87. The van der Waals surface area contributed by atoms with Gasteiger partial charge in [-0.25, -0.2) is 0 Å². The molecule has 1 aromatic heterocycles. The van der Waals surface area contributed by atoms with Crippen LogP contribution < -0.4 is 5.30 Å². The Morgan fingerprint density at radius 3 is 1.68 bits per heavy atom. The molecule has 0 fully saturated rings. The van der Waals surface area contributed by atoms with Crippen molar-refractivity contribution in [3.8, 4) is 20.9 Å². The molecule has 0 unspecified atom stereocenters. The molecule has 2 N–H and O–H groups in total. The maximum atomic E-state index is 12.6. The van der Waals surface area contributed by atoms with Crippen molar-refractivity contribution in [1.82, 2.24) is 0 Å². The summed E-state index contributed by atoms with van der Waals surface area (Å²) in [5.74, 6) is 0. The van der Waals surface area contributed by atoms with Crippen LogP contribution in [0.5, 0.6) is 0 Å². The summed E-state index contributed by atoms with van der Waals surface area (Å²) in [6, 6.07) is 26.9. The van der Waals surface area contributed by atoms with Crippen LogP contribution in [-0.4, -0.2) is 16.1 Å². The van der Waals surface area contributed by atoms with Gasteiger partial charge in [0.2, 0.25) is 0 Å². The van der Waals surface area contributed by atoms with Gasteiger partial charge < -0.3 is 9.79 Å². The fraction of sp³-hybridized carbons (Fsp3) is 0. The number of hydrogen-bond donors (Lipinski definition) is 2. The fourth-order valence-electron chi connectivity index (χ4n) is 4.06. The average Bonchev–Trinajstić information content (AvgIpc) is 3.18. The Morgan fingerprint density at radius 1 is 0.677 bits per heavy atom. The van der Waals surface area contributed by atoms with Crippen molar-refractivity contribution in [3.05, 3.63) is 90.5 Å². The summed E-state index contributed by atoms with van der Waals surface area (Å²) in [6.45, 7) is 0. The SMILES string of the molecule is O=Cc1c(-c2cccc3ccccc23)sc(-c2cccc3ccccc23)c1P(=O)(O)O. The van der Waals surface area contributed by atoms with Crippen LogP contribution in [0.25, 0.3) is 42.4 Å². The number of hydrogen-bond acceptors (Lipinski definition) is 3. The van der Waals surface area contributed by atoms with E-state index in [9.17, 15) is 19.1 Å². The first-order valence-electron chi connectivity index (χ1n) is 9.63. The quantitative estimate of drug-likeness (QED) is 0.263. The van der Waals surface area contributed by atoms with Crippen LogP contribution in [0, 0.1) is 0 Å². The van der Waals surface area contributed by atoms with E-state index in [1.54, 1.807) is 0 Å². The van der Waals surface area contributed by atoms with Crippen LogP contribution in [0.2, 0.25) is 0 Å². The Hall–Kier alpha value is -3.08. The Bertz CT molecular complexity index is 1500. The van der Waals surface area contributed by atoms with Gasteiger partial charge in [0, 0.05) is 21.6 Å². The zero-order valence-electron chi connectivity index (χ0n) is 16.2. The first kappa shape index (κ1) is 19.9. The second-order valence-corrected chi connectivity index (χ2v) is 9.79. The first-order valence-corrected chi connectivity index (χ1v) is 12.1. The maximum absolute atomic E-state index is 12.6. The third kappa shape index (κ3) is 3.32. The molecule has 5 aromatic rings. The first-order chi connectivity index (χ1) is 15.0. The average molecular weight is 444 g/mol. The summed E-state index contributed by atoms with van der Waals surface area (Å²) in [5.41, 5.74) is 1.54. The molecule has 0 aliphatic rings. The molecule has 0 aliphatic heterocycles. The number of thiophene rings is 1. The number of carbonyl (C=O) groups is 1. The molecule has 0 spiro atoms. The number of benzene rings is 4. The van der Waals surface area contributed by atoms with Crippen molar-refractivity contribution >= 4 is 52.1 Å². The molecule has 4 aromatic carbocycles. The van der Waals surface area contributed by atoms with E-state index in [2.05, 4.69) is 0 Å². The zero-order valence-corrected chi connectivity index (χ0v) is 17.9. The number of rotatable bonds is 4. The van der Waals surface area contributed by atoms with Gasteiger partial charge in [-0.1, -0.05) is 84.9 Å². The second kappa shape index (κ2) is 7.56. The molecule has 0 saturated carbocycles. The molecule has 0 radical (unpaired) electrons. The molecule has 0 bridgehead atoms. The van der Waals surface area contributed by atoms with Gasteiger partial charge in [0.1, 0.15) is 0 Å². The lowest BCUT2D eigenvalue weighted by Crippen LogP contribution is -2.10. The van der Waals surface area contributed by atoms with Crippen LogP contribution >= 0.6 is 18.9 Å². The van der Waals surface area contributed by atoms with Gasteiger partial charge in [0.25, 0.3) is 0 Å². The number of fused-ring (bicyclic) bond motifs is 2. The third-order valence-electron chi connectivity index (χ3n) is 5.40. The summed E-state index contributed by atoms with van der Waals surface area (Å²) in [7, 11) is -4.73. The van der Waals surface area contributed by atoms with E-state index in [4.69, 9.17) is 0 Å². The van der Waals surface area contributed by atoms with Crippen molar-refractivity contribution in [2.45, 2.75) is 0 Å². The monoisotopic (exact) mass is 444 g/mol. The predicted octanol–water partition coefficient (Wildman–Crippen LogP) is 6.00. The Labute approximate surface area is 182 Å². The van der Waals surface area contributed by atoms with Crippen LogP contribution in [0.15, 0.2) is 84.9 Å². The van der Waals surface area contributed by atoms with E-state index in [-0.39, 0.29) is 10.9 Å². The van der Waals surface area contributed by atoms with Gasteiger partial charge in [-0.3, -0.25) is 9.36 Å².